The second-order valence-corrected chi connectivity index (χ2v) is 3.16. The molecule has 0 amide bonds. The highest BCUT2D eigenvalue weighted by Crippen LogP contribution is 2.39. The Kier molecular flexibility index (Phi) is 2.79. The van der Waals surface area contributed by atoms with E-state index in [1.54, 1.807) is 0 Å². The molecule has 0 radical (unpaired) electrons. The van der Waals surface area contributed by atoms with Crippen LogP contribution in [0.1, 0.15) is 0 Å². The molecule has 0 aliphatic rings. The number of hydrogen-bond donors (Lipinski definition) is 2. The minimum Gasteiger partial charge on any atom is -0.505 e. The summed E-state index contributed by atoms with van der Waals surface area (Å²) < 4.78 is 38.8. The van der Waals surface area contributed by atoms with Crippen LogP contribution in [-0.2, 0) is 0 Å². The number of rotatable bonds is 1. The van der Waals surface area contributed by atoms with E-state index in [2.05, 4.69) is 20.7 Å². The lowest BCUT2D eigenvalue weighted by molar-refractivity contribution is -0.274. The van der Waals surface area contributed by atoms with Crippen molar-refractivity contribution >= 4 is 21.6 Å². The Balaban J connectivity index is 3.06. The van der Waals surface area contributed by atoms with E-state index in [9.17, 15) is 13.2 Å². The Morgan fingerprint density at radius 3 is 2.43 bits per heavy atom. The van der Waals surface area contributed by atoms with Gasteiger partial charge in [-0.3, -0.25) is 0 Å². The summed E-state index contributed by atoms with van der Waals surface area (Å²) in [6, 6.07) is 2.12. The molecule has 1 rings (SSSR count). The predicted octanol–water partition coefficient (Wildman–Crippen LogP) is 2.64. The summed E-state index contributed by atoms with van der Waals surface area (Å²) in [5, 5.41) is 9.16. The molecule has 78 valence electrons. The van der Waals surface area contributed by atoms with Gasteiger partial charge in [-0.2, -0.15) is 0 Å². The summed E-state index contributed by atoms with van der Waals surface area (Å²) in [4.78, 5) is 0. The van der Waals surface area contributed by atoms with Crippen LogP contribution < -0.4 is 10.5 Å². The Morgan fingerprint density at radius 1 is 1.36 bits per heavy atom. The average Bonchev–Trinajstić information content (AvgIpc) is 2.04. The van der Waals surface area contributed by atoms with Crippen LogP contribution >= 0.6 is 15.9 Å². The molecule has 0 saturated carbocycles. The molecule has 0 heterocycles. The first-order valence-electron chi connectivity index (χ1n) is 3.34. The molecule has 3 N–H and O–H groups in total. The van der Waals surface area contributed by atoms with E-state index in [0.717, 1.165) is 12.1 Å². The first-order chi connectivity index (χ1) is 6.31. The number of ether oxygens (including phenoxy) is 1. The van der Waals surface area contributed by atoms with Crippen LogP contribution in [0.15, 0.2) is 16.6 Å². The van der Waals surface area contributed by atoms with Crippen LogP contribution in [0, 0.1) is 0 Å². The molecular formula is C7H5BrF3NO2. The van der Waals surface area contributed by atoms with Crippen molar-refractivity contribution in [1.29, 1.82) is 0 Å². The largest absolute Gasteiger partial charge is 0.573 e. The number of halogens is 4. The third-order valence-corrected chi connectivity index (χ3v) is 2.10. The van der Waals surface area contributed by atoms with Crippen molar-refractivity contribution in [2.45, 2.75) is 6.36 Å². The maximum atomic E-state index is 11.8. The fourth-order valence-corrected chi connectivity index (χ4v) is 1.21. The molecule has 0 aliphatic carbocycles. The molecule has 0 bridgehead atoms. The second kappa shape index (κ2) is 3.56. The van der Waals surface area contributed by atoms with E-state index < -0.39 is 17.9 Å². The molecule has 0 unspecified atom stereocenters. The maximum Gasteiger partial charge on any atom is 0.573 e. The standard InChI is InChI=1S/C7H5BrF3NO2/c8-5-4(14-7(9,10)11)2-1-3(12)6(5)13/h1-2,13H,12H2. The minimum atomic E-state index is -4.80. The summed E-state index contributed by atoms with van der Waals surface area (Å²) >= 11 is 2.73. The number of nitrogens with two attached hydrogens (primary N) is 1. The number of phenolic OH excluding ortho intramolecular Hbond substituents is 1. The molecule has 0 spiro atoms. The predicted molar refractivity (Wildman–Crippen MR) is 46.9 cm³/mol. The molecule has 0 atom stereocenters. The van der Waals surface area contributed by atoms with Gasteiger partial charge in [0.15, 0.2) is 5.75 Å². The van der Waals surface area contributed by atoms with E-state index in [0.29, 0.717) is 0 Å². The molecule has 7 heteroatoms. The molecule has 0 fully saturated rings. The van der Waals surface area contributed by atoms with Gasteiger partial charge in [0, 0.05) is 0 Å². The topological polar surface area (TPSA) is 55.5 Å². The van der Waals surface area contributed by atoms with Crippen molar-refractivity contribution in [3.05, 3.63) is 16.6 Å². The van der Waals surface area contributed by atoms with E-state index >= 15 is 0 Å². The van der Waals surface area contributed by atoms with Gasteiger partial charge in [-0.1, -0.05) is 0 Å². The summed E-state index contributed by atoms with van der Waals surface area (Å²) in [6.07, 6.45) is -4.80. The van der Waals surface area contributed by atoms with E-state index in [1.807, 2.05) is 0 Å². The highest BCUT2D eigenvalue weighted by Gasteiger charge is 2.32. The normalized spacial score (nSPS) is 11.4. The number of phenols is 1. The van der Waals surface area contributed by atoms with Crippen LogP contribution in [0.4, 0.5) is 18.9 Å². The Bertz CT molecular complexity index is 354. The average molecular weight is 272 g/mol. The van der Waals surface area contributed by atoms with Gasteiger partial charge in [-0.25, -0.2) is 0 Å². The number of alkyl halides is 3. The molecule has 0 saturated heterocycles. The van der Waals surface area contributed by atoms with Crippen molar-refractivity contribution in [2.24, 2.45) is 0 Å². The first-order valence-corrected chi connectivity index (χ1v) is 4.13. The zero-order chi connectivity index (χ0) is 10.9. The monoisotopic (exact) mass is 271 g/mol. The smallest absolute Gasteiger partial charge is 0.505 e. The van der Waals surface area contributed by atoms with Gasteiger partial charge < -0.3 is 15.6 Å². The number of benzene rings is 1. The third kappa shape index (κ3) is 2.44. The van der Waals surface area contributed by atoms with E-state index in [-0.39, 0.29) is 10.2 Å². The van der Waals surface area contributed by atoms with Crippen LogP contribution in [0.5, 0.6) is 11.5 Å². The maximum absolute atomic E-state index is 11.8. The molecule has 3 nitrogen and oxygen atoms in total. The van der Waals surface area contributed by atoms with Gasteiger partial charge in [0.2, 0.25) is 0 Å². The van der Waals surface area contributed by atoms with Gasteiger partial charge in [0.05, 0.1) is 5.69 Å². The summed E-state index contributed by atoms with van der Waals surface area (Å²) in [6.45, 7) is 0. The van der Waals surface area contributed by atoms with Gasteiger partial charge in [-0.15, -0.1) is 13.2 Å². The Morgan fingerprint density at radius 2 is 1.93 bits per heavy atom. The van der Waals surface area contributed by atoms with Gasteiger partial charge >= 0.3 is 6.36 Å². The quantitative estimate of drug-likeness (QED) is 0.610. The lowest BCUT2D eigenvalue weighted by Gasteiger charge is -2.11. The van der Waals surface area contributed by atoms with Crippen molar-refractivity contribution < 1.29 is 23.0 Å². The zero-order valence-electron chi connectivity index (χ0n) is 6.60. The number of aromatic hydroxyl groups is 1. The zero-order valence-corrected chi connectivity index (χ0v) is 8.19. The lowest BCUT2D eigenvalue weighted by Crippen LogP contribution is -2.17. The highest BCUT2D eigenvalue weighted by molar-refractivity contribution is 9.10. The first kappa shape index (κ1) is 11.0. The fourth-order valence-electron chi connectivity index (χ4n) is 0.764. The molecular weight excluding hydrogens is 267 g/mol. The SMILES string of the molecule is Nc1ccc(OC(F)(F)F)c(Br)c1O. The van der Waals surface area contributed by atoms with Gasteiger partial charge in [0.1, 0.15) is 10.2 Å². The summed E-state index contributed by atoms with van der Waals surface area (Å²) in [5.41, 5.74) is 5.20. The van der Waals surface area contributed by atoms with Gasteiger partial charge in [0.25, 0.3) is 0 Å². The van der Waals surface area contributed by atoms with Crippen LogP contribution in [0.3, 0.4) is 0 Å². The van der Waals surface area contributed by atoms with Crippen LogP contribution in [-0.4, -0.2) is 11.5 Å². The fraction of sp³-hybridized carbons (Fsp3) is 0.143. The van der Waals surface area contributed by atoms with Crippen LogP contribution in [0.25, 0.3) is 0 Å². The molecule has 1 aromatic rings. The van der Waals surface area contributed by atoms with E-state index in [4.69, 9.17) is 10.8 Å². The van der Waals surface area contributed by atoms with E-state index in [1.165, 1.54) is 0 Å². The molecule has 0 aliphatic heterocycles. The number of nitrogen functional groups attached to an aromatic ring is 1. The van der Waals surface area contributed by atoms with Crippen molar-refractivity contribution in [3.63, 3.8) is 0 Å². The van der Waals surface area contributed by atoms with Crippen LogP contribution in [0.2, 0.25) is 0 Å². The molecule has 1 aromatic carbocycles. The van der Waals surface area contributed by atoms with Crippen molar-refractivity contribution in [2.75, 3.05) is 5.73 Å². The highest BCUT2D eigenvalue weighted by atomic mass is 79.9. The number of anilines is 1. The number of hydrogen-bond acceptors (Lipinski definition) is 3. The molecule has 14 heavy (non-hydrogen) atoms. The Labute approximate surface area is 85.4 Å². The molecule has 0 aromatic heterocycles. The second-order valence-electron chi connectivity index (χ2n) is 2.36. The van der Waals surface area contributed by atoms with Crippen molar-refractivity contribution in [3.8, 4) is 11.5 Å². The third-order valence-electron chi connectivity index (χ3n) is 1.34. The van der Waals surface area contributed by atoms with Crippen molar-refractivity contribution in [1.82, 2.24) is 0 Å². The Hall–Kier alpha value is -1.11. The minimum absolute atomic E-state index is 0.0357. The summed E-state index contributed by atoms with van der Waals surface area (Å²) in [7, 11) is 0. The van der Waals surface area contributed by atoms with Gasteiger partial charge in [-0.05, 0) is 28.1 Å². The summed E-state index contributed by atoms with van der Waals surface area (Å²) in [5.74, 6) is -1.02. The lowest BCUT2D eigenvalue weighted by atomic mass is 10.3.